The number of carbonyl (C=O) groups is 2. The minimum absolute atomic E-state index is 0.0519. The summed E-state index contributed by atoms with van der Waals surface area (Å²) in [5.74, 6) is 0.0238. The first kappa shape index (κ1) is 21.7. The van der Waals surface area contributed by atoms with Crippen LogP contribution in [-0.4, -0.2) is 28.2 Å². The molecule has 1 aliphatic heterocycles. The van der Waals surface area contributed by atoms with Crippen molar-refractivity contribution in [1.29, 1.82) is 5.26 Å². The monoisotopic (exact) mass is 444 g/mol. The summed E-state index contributed by atoms with van der Waals surface area (Å²) in [5, 5.41) is 13.3. The van der Waals surface area contributed by atoms with Crippen molar-refractivity contribution in [2.24, 2.45) is 0 Å². The zero-order valence-electron chi connectivity index (χ0n) is 17.9. The molecular formula is C25H24N4O2S. The van der Waals surface area contributed by atoms with Gasteiger partial charge in [0.25, 0.3) is 0 Å². The Kier molecular flexibility index (Phi) is 6.62. The number of nitriles is 1. The van der Waals surface area contributed by atoms with Crippen LogP contribution in [0.5, 0.6) is 0 Å². The third-order valence-electron chi connectivity index (χ3n) is 5.74. The normalized spacial score (nSPS) is 13.7. The number of hydrogen-bond acceptors (Lipinski definition) is 5. The molecule has 7 heteroatoms. The average Bonchev–Trinajstić information content (AvgIpc) is 3.16. The van der Waals surface area contributed by atoms with Gasteiger partial charge in [0.2, 0.25) is 11.8 Å². The van der Waals surface area contributed by atoms with Crippen molar-refractivity contribution in [3.8, 4) is 6.07 Å². The number of pyridine rings is 1. The van der Waals surface area contributed by atoms with Crippen molar-refractivity contribution < 1.29 is 9.59 Å². The molecule has 32 heavy (non-hydrogen) atoms. The molecule has 3 aromatic rings. The Morgan fingerprint density at radius 1 is 1.22 bits per heavy atom. The largest absolute Gasteiger partial charge is 0.337 e. The van der Waals surface area contributed by atoms with Gasteiger partial charge in [-0.3, -0.25) is 14.6 Å². The van der Waals surface area contributed by atoms with E-state index in [1.807, 2.05) is 54.3 Å². The van der Waals surface area contributed by atoms with Crippen LogP contribution in [-0.2, 0) is 29.0 Å². The predicted molar refractivity (Wildman–Crippen MR) is 124 cm³/mol. The molecule has 1 N–H and O–H groups in total. The van der Waals surface area contributed by atoms with Gasteiger partial charge >= 0.3 is 0 Å². The first-order chi connectivity index (χ1) is 15.5. The van der Waals surface area contributed by atoms with E-state index in [2.05, 4.69) is 16.4 Å². The van der Waals surface area contributed by atoms with E-state index in [0.29, 0.717) is 42.9 Å². The van der Waals surface area contributed by atoms with Crippen LogP contribution in [0.25, 0.3) is 0 Å². The van der Waals surface area contributed by atoms with E-state index >= 15 is 0 Å². The highest BCUT2D eigenvalue weighted by molar-refractivity contribution is 7.16. The summed E-state index contributed by atoms with van der Waals surface area (Å²) in [5.41, 5.74) is 3.53. The molecule has 0 aliphatic carbocycles. The molecular weight excluding hydrogens is 420 g/mol. The smallest absolute Gasteiger partial charge is 0.227 e. The fourth-order valence-electron chi connectivity index (χ4n) is 3.96. The summed E-state index contributed by atoms with van der Waals surface area (Å²) in [6, 6.07) is 15.9. The van der Waals surface area contributed by atoms with Gasteiger partial charge in [-0.25, -0.2) is 0 Å². The maximum atomic E-state index is 12.7. The fourth-order valence-corrected chi connectivity index (χ4v) is 5.19. The van der Waals surface area contributed by atoms with Crippen molar-refractivity contribution in [1.82, 2.24) is 9.88 Å². The Labute approximate surface area is 191 Å². The van der Waals surface area contributed by atoms with Crippen LogP contribution in [0.15, 0.2) is 54.9 Å². The van der Waals surface area contributed by atoms with E-state index in [9.17, 15) is 14.9 Å². The molecule has 0 saturated carbocycles. The van der Waals surface area contributed by atoms with Crippen LogP contribution in [0.4, 0.5) is 5.00 Å². The van der Waals surface area contributed by atoms with E-state index in [1.165, 1.54) is 11.3 Å². The number of carbonyl (C=O) groups excluding carboxylic acids is 2. The lowest BCUT2D eigenvalue weighted by Crippen LogP contribution is -2.36. The molecule has 3 heterocycles. The SMILES string of the molecule is CC(CC(=O)Nc1sc2c(c1C#N)CCN(C(=O)Cc1ccncc1)C2)c1ccccc1. The maximum absolute atomic E-state index is 12.7. The van der Waals surface area contributed by atoms with Crippen LogP contribution in [0, 0.1) is 11.3 Å². The van der Waals surface area contributed by atoms with Gasteiger partial charge in [0.15, 0.2) is 0 Å². The fraction of sp³-hybridized carbons (Fsp3) is 0.280. The number of fused-ring (bicyclic) bond motifs is 1. The number of aromatic nitrogens is 1. The highest BCUT2D eigenvalue weighted by Crippen LogP contribution is 2.37. The molecule has 0 radical (unpaired) electrons. The zero-order valence-corrected chi connectivity index (χ0v) is 18.7. The van der Waals surface area contributed by atoms with Crippen LogP contribution < -0.4 is 5.32 Å². The lowest BCUT2D eigenvalue weighted by molar-refractivity contribution is -0.131. The van der Waals surface area contributed by atoms with E-state index in [0.717, 1.165) is 21.6 Å². The third-order valence-corrected chi connectivity index (χ3v) is 6.87. The van der Waals surface area contributed by atoms with Gasteiger partial charge < -0.3 is 10.2 Å². The van der Waals surface area contributed by atoms with E-state index < -0.39 is 0 Å². The highest BCUT2D eigenvalue weighted by Gasteiger charge is 2.27. The van der Waals surface area contributed by atoms with Gasteiger partial charge in [-0.2, -0.15) is 5.26 Å². The predicted octanol–water partition coefficient (Wildman–Crippen LogP) is 4.27. The topological polar surface area (TPSA) is 86.1 Å². The summed E-state index contributed by atoms with van der Waals surface area (Å²) in [4.78, 5) is 32.2. The van der Waals surface area contributed by atoms with Crippen LogP contribution in [0.3, 0.4) is 0 Å². The van der Waals surface area contributed by atoms with Crippen molar-refractivity contribution >= 4 is 28.2 Å². The van der Waals surface area contributed by atoms with Gasteiger partial charge in [0.05, 0.1) is 18.5 Å². The zero-order chi connectivity index (χ0) is 22.5. The summed E-state index contributed by atoms with van der Waals surface area (Å²) >= 11 is 1.41. The van der Waals surface area contributed by atoms with Gasteiger partial charge in [0, 0.05) is 30.2 Å². The number of nitrogens with zero attached hydrogens (tertiary/aromatic N) is 3. The highest BCUT2D eigenvalue weighted by atomic mass is 32.1. The van der Waals surface area contributed by atoms with Crippen molar-refractivity contribution in [3.63, 3.8) is 0 Å². The lowest BCUT2D eigenvalue weighted by Gasteiger charge is -2.27. The first-order valence-electron chi connectivity index (χ1n) is 10.6. The van der Waals surface area contributed by atoms with Gasteiger partial charge in [0.1, 0.15) is 11.1 Å². The summed E-state index contributed by atoms with van der Waals surface area (Å²) in [6.07, 6.45) is 4.66. The number of nitrogens with one attached hydrogen (secondary N) is 1. The van der Waals surface area contributed by atoms with Crippen LogP contribution in [0.2, 0.25) is 0 Å². The maximum Gasteiger partial charge on any atom is 0.227 e. The molecule has 0 saturated heterocycles. The summed E-state index contributed by atoms with van der Waals surface area (Å²) < 4.78 is 0. The molecule has 162 valence electrons. The number of benzene rings is 1. The Morgan fingerprint density at radius 2 is 1.97 bits per heavy atom. The lowest BCUT2D eigenvalue weighted by atomic mass is 9.97. The van der Waals surface area contributed by atoms with Gasteiger partial charge in [-0.05, 0) is 41.2 Å². The number of anilines is 1. The number of thiophene rings is 1. The van der Waals surface area contributed by atoms with Crippen molar-refractivity contribution in [3.05, 3.63) is 82.0 Å². The average molecular weight is 445 g/mol. The number of amides is 2. The first-order valence-corrected chi connectivity index (χ1v) is 11.4. The molecule has 6 nitrogen and oxygen atoms in total. The second-order valence-electron chi connectivity index (χ2n) is 7.98. The van der Waals surface area contributed by atoms with E-state index in [-0.39, 0.29) is 17.7 Å². The Morgan fingerprint density at radius 3 is 2.69 bits per heavy atom. The minimum atomic E-state index is -0.109. The molecule has 1 unspecified atom stereocenters. The van der Waals surface area contributed by atoms with Gasteiger partial charge in [-0.15, -0.1) is 11.3 Å². The molecule has 0 bridgehead atoms. The Hall–Kier alpha value is -3.50. The molecule has 1 atom stereocenters. The second kappa shape index (κ2) is 9.75. The van der Waals surface area contributed by atoms with E-state index in [1.54, 1.807) is 12.4 Å². The summed E-state index contributed by atoms with van der Waals surface area (Å²) in [7, 11) is 0. The Balaban J connectivity index is 1.43. The second-order valence-corrected chi connectivity index (χ2v) is 9.09. The van der Waals surface area contributed by atoms with Crippen LogP contribution in [0.1, 0.15) is 46.4 Å². The molecule has 0 spiro atoms. The minimum Gasteiger partial charge on any atom is -0.337 e. The van der Waals surface area contributed by atoms with Crippen molar-refractivity contribution in [2.75, 3.05) is 11.9 Å². The standard InChI is InChI=1S/C25H24N4O2S/c1-17(19-5-3-2-4-6-19)13-23(30)28-25-21(15-26)20-9-12-29(16-22(20)32-25)24(31)14-18-7-10-27-11-8-18/h2-8,10-11,17H,9,12-14,16H2,1H3,(H,28,30). The molecule has 4 rings (SSSR count). The quantitative estimate of drug-likeness (QED) is 0.615. The van der Waals surface area contributed by atoms with E-state index in [4.69, 9.17) is 0 Å². The molecule has 2 amide bonds. The molecule has 1 aromatic carbocycles. The van der Waals surface area contributed by atoms with Crippen LogP contribution >= 0.6 is 11.3 Å². The third kappa shape index (κ3) is 4.87. The molecule has 0 fully saturated rings. The number of hydrogen-bond donors (Lipinski definition) is 1. The van der Waals surface area contributed by atoms with Crippen molar-refractivity contribution in [2.45, 2.75) is 38.6 Å². The molecule has 1 aliphatic rings. The summed E-state index contributed by atoms with van der Waals surface area (Å²) in [6.45, 7) is 3.06. The number of rotatable bonds is 6. The van der Waals surface area contributed by atoms with Gasteiger partial charge in [-0.1, -0.05) is 37.3 Å². The molecule has 2 aromatic heterocycles. The Bertz CT molecular complexity index is 1150.